The van der Waals surface area contributed by atoms with E-state index in [-0.39, 0.29) is 11.4 Å². The maximum absolute atomic E-state index is 13.6. The molecule has 4 atom stereocenters. The molecule has 0 amide bonds. The number of ether oxygens (including phenoxy) is 1. The van der Waals surface area contributed by atoms with Gasteiger partial charge in [-0.15, -0.1) is 0 Å². The quantitative estimate of drug-likeness (QED) is 0.348. The van der Waals surface area contributed by atoms with Crippen molar-refractivity contribution in [3.8, 4) is 5.75 Å². The summed E-state index contributed by atoms with van der Waals surface area (Å²) in [5.41, 5.74) is -0.216. The van der Waals surface area contributed by atoms with Gasteiger partial charge in [-0.05, 0) is 80.9 Å². The molecule has 3 bridgehead atoms. The van der Waals surface area contributed by atoms with Crippen LogP contribution in [0.2, 0.25) is 0 Å². The number of rotatable bonds is 3. The highest BCUT2D eigenvalue weighted by Crippen LogP contribution is 2.59. The Labute approximate surface area is 176 Å². The minimum atomic E-state index is -0.216. The molecule has 0 aromatic heterocycles. The lowest BCUT2D eigenvalue weighted by Crippen LogP contribution is -2.39. The van der Waals surface area contributed by atoms with E-state index in [9.17, 15) is 4.79 Å². The van der Waals surface area contributed by atoms with E-state index in [1.807, 2.05) is 0 Å². The molecule has 3 aliphatic carbocycles. The second-order valence-electron chi connectivity index (χ2n) is 10.0. The maximum Gasteiger partial charge on any atom is 0.317 e. The molecule has 6 rings (SSSR count). The summed E-state index contributed by atoms with van der Waals surface area (Å²) in [6.07, 6.45) is 11.1. The fourth-order valence-electron chi connectivity index (χ4n) is 7.09. The molecule has 1 aliphatic heterocycles. The number of hydrogen-bond acceptors (Lipinski definition) is 2. The second kappa shape index (κ2) is 7.04. The standard InChI is InChI=1S/C26H31O2S/c27-25(26-11-5-6-19-14-18(16-26)15-20(19)17-26)28-23-9-10-24(29-12-3-4-13-29)22-8-2-1-7-21(22)23/h1-2,7-10,18-20H,3-6,11-17H2/q+1. The van der Waals surface area contributed by atoms with Crippen molar-refractivity contribution in [1.82, 2.24) is 0 Å². The third-order valence-electron chi connectivity index (χ3n) is 8.32. The van der Waals surface area contributed by atoms with Gasteiger partial charge in [-0.1, -0.05) is 31.0 Å². The molecule has 4 unspecified atom stereocenters. The van der Waals surface area contributed by atoms with Crippen LogP contribution < -0.4 is 4.74 Å². The van der Waals surface area contributed by atoms with E-state index in [1.54, 1.807) is 0 Å². The Bertz CT molecular complexity index is 947. The first-order valence-corrected chi connectivity index (χ1v) is 13.2. The van der Waals surface area contributed by atoms with Gasteiger partial charge in [-0.2, -0.15) is 0 Å². The smallest absolute Gasteiger partial charge is 0.317 e. The van der Waals surface area contributed by atoms with Crippen LogP contribution in [0, 0.1) is 23.2 Å². The molecule has 2 aromatic rings. The summed E-state index contributed by atoms with van der Waals surface area (Å²) in [6.45, 7) is 0. The van der Waals surface area contributed by atoms with Crippen LogP contribution >= 0.6 is 0 Å². The summed E-state index contributed by atoms with van der Waals surface area (Å²) in [5, 5.41) is 2.42. The van der Waals surface area contributed by atoms with E-state index in [1.165, 1.54) is 60.3 Å². The van der Waals surface area contributed by atoms with Gasteiger partial charge in [-0.25, -0.2) is 0 Å². The van der Waals surface area contributed by atoms with Gasteiger partial charge in [-0.3, -0.25) is 4.79 Å². The van der Waals surface area contributed by atoms with Crippen molar-refractivity contribution in [2.75, 3.05) is 11.5 Å². The summed E-state index contributed by atoms with van der Waals surface area (Å²) in [7, 11) is 0.362. The zero-order chi connectivity index (χ0) is 19.4. The first-order valence-electron chi connectivity index (χ1n) is 11.6. The van der Waals surface area contributed by atoms with Crippen molar-refractivity contribution >= 4 is 27.6 Å². The summed E-state index contributed by atoms with van der Waals surface area (Å²) in [5.74, 6) is 5.89. The number of carbonyl (C=O) groups excluding carboxylic acids is 1. The number of esters is 1. The molecule has 0 N–H and O–H groups in total. The van der Waals surface area contributed by atoms with Crippen LogP contribution in [0.4, 0.5) is 0 Å². The molecule has 152 valence electrons. The van der Waals surface area contributed by atoms with Crippen molar-refractivity contribution in [2.45, 2.75) is 62.7 Å². The fourth-order valence-corrected chi connectivity index (χ4v) is 9.59. The van der Waals surface area contributed by atoms with E-state index < -0.39 is 0 Å². The van der Waals surface area contributed by atoms with Crippen molar-refractivity contribution in [1.29, 1.82) is 0 Å². The SMILES string of the molecule is O=C(Oc1ccc([S+]2CCCC2)c2ccccc12)C12CCCC3CC(CC3C1)C2. The molecule has 0 radical (unpaired) electrons. The Morgan fingerprint density at radius 3 is 2.59 bits per heavy atom. The van der Waals surface area contributed by atoms with Gasteiger partial charge in [0.2, 0.25) is 0 Å². The number of fused-ring (bicyclic) bond motifs is 3. The molecule has 3 heteroatoms. The zero-order valence-electron chi connectivity index (χ0n) is 17.2. The summed E-state index contributed by atoms with van der Waals surface area (Å²) < 4.78 is 6.25. The Hall–Kier alpha value is -1.48. The Morgan fingerprint density at radius 1 is 0.931 bits per heavy atom. The highest BCUT2D eigenvalue weighted by Gasteiger charge is 2.54. The van der Waals surface area contributed by atoms with Crippen LogP contribution in [-0.2, 0) is 15.7 Å². The fraction of sp³-hybridized carbons (Fsp3) is 0.577. The van der Waals surface area contributed by atoms with E-state index in [4.69, 9.17) is 4.74 Å². The van der Waals surface area contributed by atoms with E-state index >= 15 is 0 Å². The van der Waals surface area contributed by atoms with Gasteiger partial charge in [0.05, 0.1) is 5.41 Å². The van der Waals surface area contributed by atoms with E-state index in [0.717, 1.165) is 48.2 Å². The van der Waals surface area contributed by atoms with Crippen molar-refractivity contribution in [3.05, 3.63) is 36.4 Å². The Morgan fingerprint density at radius 2 is 1.72 bits per heavy atom. The van der Waals surface area contributed by atoms with Gasteiger partial charge < -0.3 is 4.74 Å². The highest BCUT2D eigenvalue weighted by molar-refractivity contribution is 7.97. The molecule has 2 nitrogen and oxygen atoms in total. The normalized spacial score (nSPS) is 33.9. The highest BCUT2D eigenvalue weighted by atomic mass is 32.2. The maximum atomic E-state index is 13.6. The van der Waals surface area contributed by atoms with Crippen LogP contribution in [0.3, 0.4) is 0 Å². The van der Waals surface area contributed by atoms with Crippen LogP contribution in [0.15, 0.2) is 41.3 Å². The van der Waals surface area contributed by atoms with E-state index in [2.05, 4.69) is 36.4 Å². The van der Waals surface area contributed by atoms with Crippen LogP contribution in [0.25, 0.3) is 10.8 Å². The zero-order valence-corrected chi connectivity index (χ0v) is 18.0. The van der Waals surface area contributed by atoms with Crippen LogP contribution in [-0.4, -0.2) is 17.5 Å². The molecule has 29 heavy (non-hydrogen) atoms. The lowest BCUT2D eigenvalue weighted by molar-refractivity contribution is -0.149. The monoisotopic (exact) mass is 407 g/mol. The lowest BCUT2D eigenvalue weighted by Gasteiger charge is -2.37. The molecule has 4 fully saturated rings. The van der Waals surface area contributed by atoms with Crippen molar-refractivity contribution < 1.29 is 9.53 Å². The summed E-state index contributed by atoms with van der Waals surface area (Å²) >= 11 is 0. The largest absolute Gasteiger partial charge is 0.425 e. The predicted octanol–water partition coefficient (Wildman–Crippen LogP) is 6.12. The van der Waals surface area contributed by atoms with Gasteiger partial charge in [0, 0.05) is 21.7 Å². The van der Waals surface area contributed by atoms with Gasteiger partial charge in [0.15, 0.2) is 4.90 Å². The molecule has 1 heterocycles. The molecular formula is C26H31O2S+. The lowest BCUT2D eigenvalue weighted by atomic mass is 9.67. The third kappa shape index (κ3) is 3.03. The third-order valence-corrected chi connectivity index (χ3v) is 10.9. The van der Waals surface area contributed by atoms with Crippen LogP contribution in [0.1, 0.15) is 57.8 Å². The average molecular weight is 408 g/mol. The number of hydrogen-bond donors (Lipinski definition) is 0. The first-order chi connectivity index (χ1) is 14.2. The minimum Gasteiger partial charge on any atom is -0.425 e. The number of benzene rings is 2. The molecule has 4 aliphatic rings. The molecule has 0 spiro atoms. The predicted molar refractivity (Wildman–Crippen MR) is 119 cm³/mol. The van der Waals surface area contributed by atoms with Gasteiger partial charge in [0.25, 0.3) is 0 Å². The van der Waals surface area contributed by atoms with Gasteiger partial charge in [0.1, 0.15) is 17.3 Å². The van der Waals surface area contributed by atoms with E-state index in [0.29, 0.717) is 10.9 Å². The average Bonchev–Trinajstić information content (AvgIpc) is 3.33. The van der Waals surface area contributed by atoms with Crippen molar-refractivity contribution in [3.63, 3.8) is 0 Å². The molecule has 2 aromatic carbocycles. The minimum absolute atomic E-state index is 0.0657. The topological polar surface area (TPSA) is 26.3 Å². The number of carbonyl (C=O) groups is 1. The summed E-state index contributed by atoms with van der Waals surface area (Å²) in [6, 6.07) is 12.9. The van der Waals surface area contributed by atoms with Crippen molar-refractivity contribution in [2.24, 2.45) is 23.2 Å². The van der Waals surface area contributed by atoms with Crippen LogP contribution in [0.5, 0.6) is 5.75 Å². The first kappa shape index (κ1) is 18.3. The Kier molecular flexibility index (Phi) is 4.44. The Balaban J connectivity index is 1.33. The molecule has 1 saturated heterocycles. The van der Waals surface area contributed by atoms with Gasteiger partial charge >= 0.3 is 5.97 Å². The summed E-state index contributed by atoms with van der Waals surface area (Å²) in [4.78, 5) is 15.1. The molecular weight excluding hydrogens is 376 g/mol. The molecule has 3 saturated carbocycles. The second-order valence-corrected chi connectivity index (χ2v) is 12.3.